The fraction of sp³-hybridized carbons (Fsp3) is 0.571. The van der Waals surface area contributed by atoms with Gasteiger partial charge in [-0.25, -0.2) is 0 Å². The van der Waals surface area contributed by atoms with Crippen LogP contribution in [0.4, 0.5) is 0 Å². The van der Waals surface area contributed by atoms with Crippen LogP contribution in [0.25, 0.3) is 0 Å². The lowest BCUT2D eigenvalue weighted by atomic mass is 9.93. The van der Waals surface area contributed by atoms with Crippen LogP contribution in [0.2, 0.25) is 0 Å². The molecule has 1 nitrogen and oxygen atoms in total. The van der Waals surface area contributed by atoms with Crippen molar-refractivity contribution in [3.05, 3.63) is 35.4 Å². The maximum atomic E-state index is 5.79. The van der Waals surface area contributed by atoms with Crippen molar-refractivity contribution in [2.45, 2.75) is 45.4 Å². The molecule has 2 N–H and O–H groups in total. The highest BCUT2D eigenvalue weighted by Crippen LogP contribution is 2.20. The molecule has 0 saturated carbocycles. The fourth-order valence-corrected chi connectivity index (χ4v) is 2.01. The summed E-state index contributed by atoms with van der Waals surface area (Å²) in [6, 6.07) is 8.99. The first-order valence-electron chi connectivity index (χ1n) is 6.10. The summed E-state index contributed by atoms with van der Waals surface area (Å²) in [6.07, 6.45) is 4.80. The third kappa shape index (κ3) is 3.67. The lowest BCUT2D eigenvalue weighted by Crippen LogP contribution is -2.12. The zero-order valence-corrected chi connectivity index (χ0v) is 10.00. The minimum Gasteiger partial charge on any atom is -0.330 e. The van der Waals surface area contributed by atoms with Gasteiger partial charge in [0.1, 0.15) is 0 Å². The van der Waals surface area contributed by atoms with Crippen molar-refractivity contribution in [2.75, 3.05) is 6.54 Å². The van der Waals surface area contributed by atoms with E-state index in [9.17, 15) is 0 Å². The second kappa shape index (κ2) is 6.62. The molecule has 0 aliphatic carbocycles. The molecule has 84 valence electrons. The zero-order chi connectivity index (χ0) is 11.1. The van der Waals surface area contributed by atoms with E-state index >= 15 is 0 Å². The summed E-state index contributed by atoms with van der Waals surface area (Å²) in [7, 11) is 0. The number of hydrogen-bond acceptors (Lipinski definition) is 1. The SMILES string of the molecule is CCCc1ccc(C(CN)CCC)cc1. The molecule has 0 aromatic heterocycles. The molecule has 0 spiro atoms. The molecule has 0 amide bonds. The highest BCUT2D eigenvalue weighted by molar-refractivity contribution is 5.25. The number of benzene rings is 1. The molecule has 1 aromatic rings. The van der Waals surface area contributed by atoms with E-state index in [1.54, 1.807) is 0 Å². The van der Waals surface area contributed by atoms with E-state index in [1.807, 2.05) is 0 Å². The third-order valence-electron chi connectivity index (χ3n) is 2.91. The first-order valence-corrected chi connectivity index (χ1v) is 6.10. The van der Waals surface area contributed by atoms with Gasteiger partial charge in [0.2, 0.25) is 0 Å². The van der Waals surface area contributed by atoms with Crippen molar-refractivity contribution in [3.63, 3.8) is 0 Å². The molecule has 1 aromatic carbocycles. The Kier molecular flexibility index (Phi) is 5.41. The third-order valence-corrected chi connectivity index (χ3v) is 2.91. The smallest absolute Gasteiger partial charge is 0.000824 e. The van der Waals surface area contributed by atoms with Gasteiger partial charge in [-0.3, -0.25) is 0 Å². The van der Waals surface area contributed by atoms with Crippen molar-refractivity contribution >= 4 is 0 Å². The maximum absolute atomic E-state index is 5.79. The van der Waals surface area contributed by atoms with E-state index in [4.69, 9.17) is 5.73 Å². The van der Waals surface area contributed by atoms with Crippen molar-refractivity contribution < 1.29 is 0 Å². The fourth-order valence-electron chi connectivity index (χ4n) is 2.01. The van der Waals surface area contributed by atoms with E-state index in [1.165, 1.54) is 36.8 Å². The van der Waals surface area contributed by atoms with Gasteiger partial charge in [0.05, 0.1) is 0 Å². The number of nitrogens with two attached hydrogens (primary N) is 1. The monoisotopic (exact) mass is 205 g/mol. The average molecular weight is 205 g/mol. The van der Waals surface area contributed by atoms with Gasteiger partial charge >= 0.3 is 0 Å². The highest BCUT2D eigenvalue weighted by Gasteiger charge is 2.07. The van der Waals surface area contributed by atoms with Gasteiger partial charge in [-0.1, -0.05) is 51.0 Å². The summed E-state index contributed by atoms with van der Waals surface area (Å²) in [5, 5.41) is 0. The van der Waals surface area contributed by atoms with Crippen LogP contribution in [0.5, 0.6) is 0 Å². The van der Waals surface area contributed by atoms with Crippen molar-refractivity contribution in [3.8, 4) is 0 Å². The highest BCUT2D eigenvalue weighted by atomic mass is 14.5. The molecule has 0 aliphatic rings. The van der Waals surface area contributed by atoms with Gasteiger partial charge in [0.15, 0.2) is 0 Å². The summed E-state index contributed by atoms with van der Waals surface area (Å²) < 4.78 is 0. The van der Waals surface area contributed by atoms with Crippen LogP contribution in [0.3, 0.4) is 0 Å². The van der Waals surface area contributed by atoms with Crippen LogP contribution in [-0.4, -0.2) is 6.54 Å². The van der Waals surface area contributed by atoms with E-state index in [2.05, 4.69) is 38.1 Å². The predicted octanol–water partition coefficient (Wildman–Crippen LogP) is 3.48. The Morgan fingerprint density at radius 3 is 2.20 bits per heavy atom. The average Bonchev–Trinajstić information content (AvgIpc) is 2.28. The first kappa shape index (κ1) is 12.3. The van der Waals surface area contributed by atoms with Gasteiger partial charge in [0, 0.05) is 0 Å². The standard InChI is InChI=1S/C14H23N/c1-3-5-12-7-9-13(10-8-12)14(11-15)6-4-2/h7-10,14H,3-6,11,15H2,1-2H3. The summed E-state index contributed by atoms with van der Waals surface area (Å²) in [4.78, 5) is 0. The summed E-state index contributed by atoms with van der Waals surface area (Å²) in [6.45, 7) is 5.20. The topological polar surface area (TPSA) is 26.0 Å². The molecule has 1 heteroatoms. The Hall–Kier alpha value is -0.820. The van der Waals surface area contributed by atoms with Crippen molar-refractivity contribution in [1.29, 1.82) is 0 Å². The minimum atomic E-state index is 0.547. The molecule has 15 heavy (non-hydrogen) atoms. The molecule has 1 unspecified atom stereocenters. The Bertz CT molecular complexity index is 263. The van der Waals surface area contributed by atoms with Crippen LogP contribution < -0.4 is 5.73 Å². The molecule has 1 rings (SSSR count). The van der Waals surface area contributed by atoms with Gasteiger partial charge in [-0.05, 0) is 36.4 Å². The Morgan fingerprint density at radius 1 is 1.07 bits per heavy atom. The van der Waals surface area contributed by atoms with Gasteiger partial charge in [-0.15, -0.1) is 0 Å². The van der Waals surface area contributed by atoms with E-state index in [0.717, 1.165) is 6.54 Å². The quantitative estimate of drug-likeness (QED) is 0.756. The van der Waals surface area contributed by atoms with Crippen LogP contribution in [-0.2, 0) is 6.42 Å². The molecular formula is C14H23N. The Balaban J connectivity index is 2.68. The summed E-state index contributed by atoms with van der Waals surface area (Å²) in [5.74, 6) is 0.547. The number of rotatable bonds is 6. The maximum Gasteiger partial charge on any atom is -0.000824 e. The Labute approximate surface area is 93.7 Å². The lowest BCUT2D eigenvalue weighted by molar-refractivity contribution is 0.622. The van der Waals surface area contributed by atoms with Gasteiger partial charge in [-0.2, -0.15) is 0 Å². The number of hydrogen-bond donors (Lipinski definition) is 1. The van der Waals surface area contributed by atoms with Crippen LogP contribution in [0.1, 0.15) is 50.2 Å². The summed E-state index contributed by atoms with van der Waals surface area (Å²) in [5.41, 5.74) is 8.63. The first-order chi connectivity index (χ1) is 7.31. The normalized spacial score (nSPS) is 12.7. The number of aryl methyl sites for hydroxylation is 1. The molecule has 0 heterocycles. The summed E-state index contributed by atoms with van der Waals surface area (Å²) >= 11 is 0. The van der Waals surface area contributed by atoms with Gasteiger partial charge < -0.3 is 5.73 Å². The van der Waals surface area contributed by atoms with Crippen molar-refractivity contribution in [1.82, 2.24) is 0 Å². The van der Waals surface area contributed by atoms with E-state index in [-0.39, 0.29) is 0 Å². The minimum absolute atomic E-state index is 0.547. The van der Waals surface area contributed by atoms with E-state index < -0.39 is 0 Å². The molecule has 0 fully saturated rings. The second-order valence-electron chi connectivity index (χ2n) is 4.21. The van der Waals surface area contributed by atoms with Crippen molar-refractivity contribution in [2.24, 2.45) is 5.73 Å². The molecule has 0 radical (unpaired) electrons. The zero-order valence-electron chi connectivity index (χ0n) is 10.00. The van der Waals surface area contributed by atoms with Gasteiger partial charge in [0.25, 0.3) is 0 Å². The molecule has 0 aliphatic heterocycles. The van der Waals surface area contributed by atoms with E-state index in [0.29, 0.717) is 5.92 Å². The van der Waals surface area contributed by atoms with Crippen LogP contribution in [0.15, 0.2) is 24.3 Å². The molecule has 0 bridgehead atoms. The molecule has 0 saturated heterocycles. The second-order valence-corrected chi connectivity index (χ2v) is 4.21. The van der Waals surface area contributed by atoms with Crippen LogP contribution in [0, 0.1) is 0 Å². The largest absolute Gasteiger partial charge is 0.330 e. The predicted molar refractivity (Wildman–Crippen MR) is 67.1 cm³/mol. The lowest BCUT2D eigenvalue weighted by Gasteiger charge is -2.14. The molecular weight excluding hydrogens is 182 g/mol. The molecule has 1 atom stereocenters. The Morgan fingerprint density at radius 2 is 1.73 bits per heavy atom. The van der Waals surface area contributed by atoms with Crippen LogP contribution >= 0.6 is 0 Å².